The number of H-pyrrole nitrogens is 1. The molecule has 17 nitrogen and oxygen atoms in total. The first kappa shape index (κ1) is 26.2. The van der Waals surface area contributed by atoms with E-state index >= 15 is 0 Å². The number of nitrogens with zero attached hydrogens (tertiary/aromatic N) is 1. The third kappa shape index (κ3) is 6.27. The highest BCUT2D eigenvalue weighted by Crippen LogP contribution is 2.66. The summed E-state index contributed by atoms with van der Waals surface area (Å²) in [5.41, 5.74) is -6.01. The quantitative estimate of drug-likeness (QED) is 0.191. The normalized spacial score (nSPS) is 33.0. The van der Waals surface area contributed by atoms with Crippen LogP contribution in [0.4, 0.5) is 0 Å². The highest BCUT2D eigenvalue weighted by molar-refractivity contribution is 7.66. The molecule has 0 spiro atoms. The minimum absolute atomic E-state index is 0.723. The molecule has 2 rings (SSSR count). The van der Waals surface area contributed by atoms with E-state index < -0.39 is 64.9 Å². The second-order valence-electron chi connectivity index (χ2n) is 6.79. The molecule has 2 unspecified atom stereocenters. The molecule has 20 heteroatoms. The monoisotopic (exact) mass is 512 g/mol. The molecule has 31 heavy (non-hydrogen) atoms. The number of nitrogens with one attached hydrogen (secondary N) is 1. The van der Waals surface area contributed by atoms with Crippen molar-refractivity contribution in [2.24, 2.45) is 0 Å². The highest BCUT2D eigenvalue weighted by atomic mass is 31.3. The van der Waals surface area contributed by atoms with Crippen LogP contribution in [-0.4, -0.2) is 63.3 Å². The molecule has 1 fully saturated rings. The number of hydrogen-bond donors (Lipinski definition) is 7. The molecule has 2 heterocycles. The van der Waals surface area contributed by atoms with Crippen LogP contribution >= 0.6 is 23.5 Å². The van der Waals surface area contributed by atoms with Crippen molar-refractivity contribution in [3.63, 3.8) is 0 Å². The van der Waals surface area contributed by atoms with Crippen LogP contribution in [0.2, 0.25) is 0 Å². The fraction of sp³-hybridized carbons (Fsp3) is 0.636. The molecule has 1 aliphatic heterocycles. The zero-order valence-electron chi connectivity index (χ0n) is 15.7. The molecular weight excluding hydrogens is 493 g/mol. The molecular formula is C11H19N2O15P3. The maximum absolute atomic E-state index is 12.0. The molecule has 178 valence electrons. The van der Waals surface area contributed by atoms with Gasteiger partial charge in [-0.3, -0.25) is 18.9 Å². The Labute approximate surface area is 172 Å². The van der Waals surface area contributed by atoms with Gasteiger partial charge in [-0.25, -0.2) is 18.5 Å². The van der Waals surface area contributed by atoms with Crippen LogP contribution in [-0.2, 0) is 31.6 Å². The zero-order chi connectivity index (χ0) is 24.0. The number of ether oxygens (including phenoxy) is 1. The van der Waals surface area contributed by atoms with Crippen molar-refractivity contribution in [1.82, 2.24) is 9.55 Å². The summed E-state index contributed by atoms with van der Waals surface area (Å²) < 4.78 is 51.6. The van der Waals surface area contributed by atoms with E-state index in [1.807, 2.05) is 4.98 Å². The molecule has 0 radical (unpaired) electrons. The summed E-state index contributed by atoms with van der Waals surface area (Å²) in [6.45, 7) is 1.03. The molecule has 7 N–H and O–H groups in total. The van der Waals surface area contributed by atoms with Gasteiger partial charge in [0.2, 0.25) is 0 Å². The number of aliphatic hydroxyl groups excluding tert-OH is 1. The lowest BCUT2D eigenvalue weighted by molar-refractivity contribution is -0.121. The van der Waals surface area contributed by atoms with Gasteiger partial charge in [0.15, 0.2) is 6.23 Å². The van der Waals surface area contributed by atoms with Crippen molar-refractivity contribution in [3.05, 3.63) is 33.1 Å². The van der Waals surface area contributed by atoms with Crippen molar-refractivity contribution in [3.8, 4) is 0 Å². The predicted octanol–water partition coefficient (Wildman–Crippen LogP) is -1.72. The van der Waals surface area contributed by atoms with Crippen LogP contribution in [0.15, 0.2) is 21.9 Å². The lowest BCUT2D eigenvalue weighted by Gasteiger charge is -2.30. The Balaban J connectivity index is 2.22. The van der Waals surface area contributed by atoms with E-state index in [4.69, 9.17) is 19.4 Å². The van der Waals surface area contributed by atoms with Gasteiger partial charge in [0.05, 0.1) is 6.61 Å². The maximum Gasteiger partial charge on any atom is 0.490 e. The van der Waals surface area contributed by atoms with Gasteiger partial charge in [-0.15, -0.1) is 0 Å². The van der Waals surface area contributed by atoms with Crippen LogP contribution in [0.5, 0.6) is 0 Å². The lowest BCUT2D eigenvalue weighted by Crippen LogP contribution is -2.50. The van der Waals surface area contributed by atoms with Crippen LogP contribution in [0, 0.1) is 0 Å². The van der Waals surface area contributed by atoms with Gasteiger partial charge in [-0.2, -0.15) is 8.62 Å². The Kier molecular flexibility index (Phi) is 7.10. The summed E-state index contributed by atoms with van der Waals surface area (Å²) in [5, 5.41) is 21.1. The van der Waals surface area contributed by atoms with Crippen LogP contribution < -0.4 is 11.2 Å². The van der Waals surface area contributed by atoms with Crippen molar-refractivity contribution in [1.29, 1.82) is 0 Å². The SMILES string of the molecule is C[C@]1(O)[C@H](n2ccc(=O)[nH]c2=O)O[C@](C)(COP(=O)(O)OP(=O)(O)OP(=O)(O)O)[C@H]1O. The summed E-state index contributed by atoms with van der Waals surface area (Å²) in [6, 6.07) is 0.926. The second-order valence-corrected chi connectivity index (χ2v) is 11.2. The third-order valence-electron chi connectivity index (χ3n) is 4.05. The summed E-state index contributed by atoms with van der Waals surface area (Å²) in [4.78, 5) is 60.8. The highest BCUT2D eigenvalue weighted by Gasteiger charge is 2.60. The van der Waals surface area contributed by atoms with Gasteiger partial charge < -0.3 is 34.5 Å². The van der Waals surface area contributed by atoms with E-state index in [1.165, 1.54) is 0 Å². The van der Waals surface area contributed by atoms with Crippen molar-refractivity contribution in [2.75, 3.05) is 6.61 Å². The predicted molar refractivity (Wildman–Crippen MR) is 96.3 cm³/mol. The zero-order valence-corrected chi connectivity index (χ0v) is 18.3. The number of aromatic nitrogens is 2. The number of aromatic amines is 1. The topological polar surface area (TPSA) is 264 Å². The molecule has 0 bridgehead atoms. The Hall–Kier alpha value is -1.03. The number of hydrogen-bond acceptors (Lipinski definition) is 11. The molecule has 1 aromatic rings. The molecule has 1 aromatic heterocycles. The minimum Gasteiger partial charge on any atom is -0.387 e. The third-order valence-corrected chi connectivity index (χ3v) is 7.83. The van der Waals surface area contributed by atoms with Crippen molar-refractivity contribution in [2.45, 2.75) is 37.4 Å². The Morgan fingerprint density at radius 1 is 1.13 bits per heavy atom. The smallest absolute Gasteiger partial charge is 0.387 e. The molecule has 1 saturated heterocycles. The summed E-state index contributed by atoms with van der Waals surface area (Å²) in [6.07, 6.45) is -2.56. The summed E-state index contributed by atoms with van der Waals surface area (Å²) >= 11 is 0. The summed E-state index contributed by atoms with van der Waals surface area (Å²) in [5.74, 6) is 0. The van der Waals surface area contributed by atoms with E-state index in [0.717, 1.165) is 30.7 Å². The van der Waals surface area contributed by atoms with Gasteiger partial charge in [0.25, 0.3) is 5.56 Å². The van der Waals surface area contributed by atoms with Gasteiger partial charge in [0, 0.05) is 12.3 Å². The van der Waals surface area contributed by atoms with E-state index in [-0.39, 0.29) is 0 Å². The standard InChI is InChI=1S/C11H19N2O15P3/c1-10(5-25-30(21,22)28-31(23,24)27-29(18,19)20)7(15)11(2,17)8(26-10)13-4-3-6(14)12-9(13)16/h3-4,7-8,15,17H,5H2,1-2H3,(H,21,22)(H,23,24)(H,12,14,16)(H2,18,19,20)/t7-,8-,10-,11-/m1/s1. The molecule has 0 saturated carbocycles. The van der Waals surface area contributed by atoms with Crippen LogP contribution in [0.3, 0.4) is 0 Å². The Bertz CT molecular complexity index is 1090. The van der Waals surface area contributed by atoms with E-state index in [2.05, 4.69) is 13.1 Å². The van der Waals surface area contributed by atoms with E-state index in [1.54, 1.807) is 0 Å². The largest absolute Gasteiger partial charge is 0.490 e. The van der Waals surface area contributed by atoms with Gasteiger partial charge in [0.1, 0.15) is 17.3 Å². The number of phosphoric acid groups is 3. The average molecular weight is 512 g/mol. The minimum atomic E-state index is -5.76. The number of aliphatic hydroxyl groups is 2. The summed E-state index contributed by atoms with van der Waals surface area (Å²) in [7, 11) is -16.9. The van der Waals surface area contributed by atoms with Gasteiger partial charge >= 0.3 is 29.2 Å². The molecule has 6 atom stereocenters. The lowest BCUT2D eigenvalue weighted by atomic mass is 9.89. The van der Waals surface area contributed by atoms with Gasteiger partial charge in [-0.1, -0.05) is 0 Å². The second kappa shape index (κ2) is 8.39. The van der Waals surface area contributed by atoms with Crippen LogP contribution in [0.25, 0.3) is 0 Å². The first-order valence-corrected chi connectivity index (χ1v) is 12.5. The molecule has 0 amide bonds. The fourth-order valence-corrected chi connectivity index (χ4v) is 5.88. The average Bonchev–Trinajstić information content (AvgIpc) is 2.71. The first-order chi connectivity index (χ1) is 13.8. The molecule has 0 aliphatic carbocycles. The number of phosphoric ester groups is 1. The Morgan fingerprint density at radius 3 is 2.23 bits per heavy atom. The van der Waals surface area contributed by atoms with Gasteiger partial charge in [-0.05, 0) is 13.8 Å². The first-order valence-electron chi connectivity index (χ1n) is 7.96. The maximum atomic E-state index is 12.0. The Morgan fingerprint density at radius 2 is 1.71 bits per heavy atom. The fourth-order valence-electron chi connectivity index (χ4n) is 2.77. The van der Waals surface area contributed by atoms with Crippen LogP contribution in [0.1, 0.15) is 20.1 Å². The van der Waals surface area contributed by atoms with Crippen molar-refractivity contribution >= 4 is 23.5 Å². The van der Waals surface area contributed by atoms with E-state index in [9.17, 15) is 38.4 Å². The van der Waals surface area contributed by atoms with E-state index in [0.29, 0.717) is 0 Å². The molecule has 0 aromatic carbocycles. The molecule has 1 aliphatic rings. The van der Waals surface area contributed by atoms with Crippen molar-refractivity contribution < 1.29 is 61.4 Å². The number of rotatable bonds is 8.